The second-order valence-corrected chi connectivity index (χ2v) is 11.4. The first-order valence-electron chi connectivity index (χ1n) is 14.9. The molecule has 1 aromatic carbocycles. The van der Waals surface area contributed by atoms with Gasteiger partial charge in [0.25, 0.3) is 0 Å². The van der Waals surface area contributed by atoms with Crippen molar-refractivity contribution in [2.24, 2.45) is 5.10 Å². The highest BCUT2D eigenvalue weighted by molar-refractivity contribution is 5.78. The fourth-order valence-corrected chi connectivity index (χ4v) is 5.84. The third-order valence-corrected chi connectivity index (χ3v) is 8.19. The Bertz CT molecular complexity index is 1520. The molecule has 0 spiro atoms. The predicted octanol–water partition coefficient (Wildman–Crippen LogP) is 4.21. The van der Waals surface area contributed by atoms with Crippen molar-refractivity contribution in [3.05, 3.63) is 89.8 Å². The number of amides is 2. The monoisotopic (exact) mass is 607 g/mol. The number of carbonyl (C=O) groups excluding carboxylic acids is 1. The minimum atomic E-state index is -4.46. The summed E-state index contributed by atoms with van der Waals surface area (Å²) in [6.45, 7) is 2.40. The Morgan fingerprint density at radius 3 is 2.70 bits per heavy atom. The molecule has 2 aromatic heterocycles. The number of hydrogen-bond donors (Lipinski definition) is 3. The zero-order valence-electron chi connectivity index (χ0n) is 24.2. The number of nitrogens with zero attached hydrogens (tertiary/aromatic N) is 6. The van der Waals surface area contributed by atoms with Crippen LogP contribution < -0.4 is 16.0 Å². The van der Waals surface area contributed by atoms with Gasteiger partial charge < -0.3 is 16.0 Å². The summed E-state index contributed by atoms with van der Waals surface area (Å²) in [5, 5.41) is 17.4. The van der Waals surface area contributed by atoms with E-state index in [1.165, 1.54) is 5.56 Å². The number of likely N-dealkylation sites (tertiary alicyclic amines) is 1. The molecule has 2 atom stereocenters. The van der Waals surface area contributed by atoms with Gasteiger partial charge in [-0.25, -0.2) is 14.5 Å². The Hall–Kier alpha value is -4.23. The third-order valence-electron chi connectivity index (χ3n) is 8.19. The molecule has 2 amide bonds. The molecule has 3 aromatic rings. The molecule has 10 nitrogen and oxygen atoms in total. The molecule has 4 heterocycles. The van der Waals surface area contributed by atoms with E-state index in [0.717, 1.165) is 61.8 Å². The van der Waals surface area contributed by atoms with Crippen LogP contribution in [0.1, 0.15) is 53.9 Å². The van der Waals surface area contributed by atoms with Crippen molar-refractivity contribution in [3.8, 4) is 0 Å². The number of urea groups is 1. The summed E-state index contributed by atoms with van der Waals surface area (Å²) < 4.78 is 41.1. The van der Waals surface area contributed by atoms with Gasteiger partial charge in [0.15, 0.2) is 0 Å². The largest absolute Gasteiger partial charge is 0.405 e. The van der Waals surface area contributed by atoms with Crippen LogP contribution in [0, 0.1) is 0 Å². The van der Waals surface area contributed by atoms with Gasteiger partial charge in [0.1, 0.15) is 12.4 Å². The Balaban J connectivity index is 1.01. The number of rotatable bonds is 9. The highest BCUT2D eigenvalue weighted by Crippen LogP contribution is 2.29. The van der Waals surface area contributed by atoms with Crippen molar-refractivity contribution < 1.29 is 18.0 Å². The zero-order valence-corrected chi connectivity index (χ0v) is 24.2. The van der Waals surface area contributed by atoms with Crippen LogP contribution >= 0.6 is 0 Å². The molecule has 1 aliphatic carbocycles. The topological polar surface area (TPSA) is 104 Å². The van der Waals surface area contributed by atoms with E-state index in [1.54, 1.807) is 10.9 Å². The number of hydrogen-bond acceptors (Lipinski definition) is 6. The Morgan fingerprint density at radius 2 is 1.91 bits per heavy atom. The van der Waals surface area contributed by atoms with E-state index in [9.17, 15) is 18.0 Å². The molecule has 2 unspecified atom stereocenters. The van der Waals surface area contributed by atoms with Gasteiger partial charge in [0, 0.05) is 51.1 Å². The lowest BCUT2D eigenvalue weighted by Gasteiger charge is -2.32. The molecule has 6 rings (SSSR count). The number of alkyl halides is 3. The lowest BCUT2D eigenvalue weighted by Crippen LogP contribution is -2.44. The Kier molecular flexibility index (Phi) is 8.94. The van der Waals surface area contributed by atoms with Crippen LogP contribution in [-0.4, -0.2) is 75.1 Å². The highest BCUT2D eigenvalue weighted by Gasteiger charge is 2.29. The fraction of sp³-hybridized carbons (Fsp3) is 0.419. The van der Waals surface area contributed by atoms with Gasteiger partial charge in [-0.1, -0.05) is 48.6 Å². The predicted molar refractivity (Wildman–Crippen MR) is 161 cm³/mol. The number of piperidine rings is 1. The lowest BCUT2D eigenvalue weighted by atomic mass is 9.98. The van der Waals surface area contributed by atoms with Crippen LogP contribution in [0.2, 0.25) is 0 Å². The van der Waals surface area contributed by atoms with E-state index < -0.39 is 24.8 Å². The molecule has 1 fully saturated rings. The van der Waals surface area contributed by atoms with Crippen molar-refractivity contribution >= 4 is 17.8 Å². The second-order valence-electron chi connectivity index (χ2n) is 11.4. The van der Waals surface area contributed by atoms with Crippen molar-refractivity contribution in [3.63, 3.8) is 0 Å². The van der Waals surface area contributed by atoms with Crippen LogP contribution in [0.15, 0.2) is 72.3 Å². The minimum Gasteiger partial charge on any atom is -0.332 e. The molecule has 3 aliphatic rings. The average Bonchev–Trinajstić information content (AvgIpc) is 3.69. The molecular formula is C31H36F3N9O. The van der Waals surface area contributed by atoms with Crippen LogP contribution in [0.25, 0.3) is 5.57 Å². The minimum absolute atomic E-state index is 0.0522. The molecular weight excluding hydrogens is 571 g/mol. The summed E-state index contributed by atoms with van der Waals surface area (Å²) >= 11 is 0. The average molecular weight is 608 g/mol. The maximum Gasteiger partial charge on any atom is 0.405 e. The standard InChI is InChI=1S/C31H36F3N9O/c32-31(33,34)20-37-30(44)40-26-8-4-7-23(13-26)28-18-36-29-14-24(16-39-43(28)29)25-17-38-42(19-25)27-9-11-41(12-10-27)21-35-15-22-5-2-1-3-6-22/h1-7,13,16-19,24,26-27,35H,8-12,14-15,20-21H2,(H2,37,40,44). The van der Waals surface area contributed by atoms with Gasteiger partial charge in [-0.2, -0.15) is 23.4 Å². The molecule has 13 heteroatoms. The number of imidazole rings is 1. The van der Waals surface area contributed by atoms with Crippen LogP contribution in [0.3, 0.4) is 0 Å². The van der Waals surface area contributed by atoms with E-state index in [-0.39, 0.29) is 5.92 Å². The summed E-state index contributed by atoms with van der Waals surface area (Å²) in [7, 11) is 0. The number of halogens is 3. The van der Waals surface area contributed by atoms with Crippen molar-refractivity contribution in [2.45, 2.75) is 56.4 Å². The quantitative estimate of drug-likeness (QED) is 0.338. The van der Waals surface area contributed by atoms with E-state index >= 15 is 0 Å². The Morgan fingerprint density at radius 1 is 1.09 bits per heavy atom. The SMILES string of the molecule is O=C(NCC(F)(F)F)NC1C=C(c2cnc3n2N=CC(c2cnn(C4CCN(CNCc5ccccc5)CC4)c2)C3)C=CC1. The summed E-state index contributed by atoms with van der Waals surface area (Å²) in [6, 6.07) is 9.49. The van der Waals surface area contributed by atoms with E-state index in [2.05, 4.69) is 60.8 Å². The van der Waals surface area contributed by atoms with Crippen molar-refractivity contribution in [1.82, 2.24) is 40.3 Å². The number of benzene rings is 1. The van der Waals surface area contributed by atoms with Crippen molar-refractivity contribution in [2.75, 3.05) is 26.3 Å². The van der Waals surface area contributed by atoms with Gasteiger partial charge in [-0.05, 0) is 36.0 Å². The fourth-order valence-electron chi connectivity index (χ4n) is 5.84. The van der Waals surface area contributed by atoms with Gasteiger partial charge >= 0.3 is 12.2 Å². The summed E-state index contributed by atoms with van der Waals surface area (Å²) in [5.74, 6) is 0.861. The number of nitrogens with one attached hydrogen (secondary N) is 3. The molecule has 3 N–H and O–H groups in total. The Labute approximate surface area is 253 Å². The van der Waals surface area contributed by atoms with Gasteiger partial charge in [0.05, 0.1) is 30.2 Å². The highest BCUT2D eigenvalue weighted by atomic mass is 19.4. The lowest BCUT2D eigenvalue weighted by molar-refractivity contribution is -0.122. The molecule has 0 saturated carbocycles. The number of aromatic nitrogens is 4. The van der Waals surface area contributed by atoms with Gasteiger partial charge in [-0.3, -0.25) is 9.58 Å². The van der Waals surface area contributed by atoms with E-state index in [1.807, 2.05) is 42.0 Å². The summed E-state index contributed by atoms with van der Waals surface area (Å²) in [6.07, 6.45) is 12.1. The van der Waals surface area contributed by atoms with Crippen molar-refractivity contribution in [1.29, 1.82) is 0 Å². The third kappa shape index (κ3) is 7.45. The van der Waals surface area contributed by atoms with Gasteiger partial charge in [0.2, 0.25) is 0 Å². The molecule has 232 valence electrons. The molecule has 0 radical (unpaired) electrons. The first kappa shape index (κ1) is 29.8. The summed E-state index contributed by atoms with van der Waals surface area (Å²) in [5.41, 5.74) is 3.94. The van der Waals surface area contributed by atoms with E-state index in [4.69, 9.17) is 5.10 Å². The molecule has 0 bridgehead atoms. The normalized spacial score (nSPS) is 20.8. The number of fused-ring (bicyclic) bond motifs is 1. The van der Waals surface area contributed by atoms with Gasteiger partial charge in [-0.15, -0.1) is 0 Å². The zero-order chi connectivity index (χ0) is 30.5. The molecule has 1 saturated heterocycles. The second kappa shape index (κ2) is 13.2. The maximum atomic E-state index is 12.4. The van der Waals surface area contributed by atoms with Crippen LogP contribution in [0.5, 0.6) is 0 Å². The van der Waals surface area contributed by atoms with Crippen LogP contribution in [0.4, 0.5) is 18.0 Å². The first-order chi connectivity index (χ1) is 21.3. The molecule has 44 heavy (non-hydrogen) atoms. The van der Waals surface area contributed by atoms with Crippen LogP contribution in [-0.2, 0) is 13.0 Å². The first-order valence-corrected chi connectivity index (χ1v) is 14.9. The van der Waals surface area contributed by atoms with E-state index in [0.29, 0.717) is 18.9 Å². The summed E-state index contributed by atoms with van der Waals surface area (Å²) in [4.78, 5) is 19.0. The molecule has 2 aliphatic heterocycles. The smallest absolute Gasteiger partial charge is 0.332 e. The number of carbonyl (C=O) groups is 1. The number of allylic oxidation sites excluding steroid dienone is 2. The maximum absolute atomic E-state index is 12.4.